The molecule has 1 aliphatic heterocycles. The number of ether oxygens (including phenoxy) is 1. The highest BCUT2D eigenvalue weighted by atomic mass is 19.1. The molecule has 0 spiro atoms. The highest BCUT2D eigenvalue weighted by molar-refractivity contribution is 5.82. The lowest BCUT2D eigenvalue weighted by molar-refractivity contribution is -0.145. The summed E-state index contributed by atoms with van der Waals surface area (Å²) in [7, 11) is 0. The van der Waals surface area contributed by atoms with Gasteiger partial charge in [-0.3, -0.25) is 4.79 Å². The topological polar surface area (TPSA) is 29.5 Å². The van der Waals surface area contributed by atoms with Crippen molar-refractivity contribution in [1.29, 1.82) is 0 Å². The number of carbonyl (C=O) groups excluding carboxylic acids is 1. The molecule has 0 aliphatic carbocycles. The van der Waals surface area contributed by atoms with Crippen LogP contribution >= 0.6 is 0 Å². The molecule has 0 saturated carbocycles. The number of benzene rings is 1. The summed E-state index contributed by atoms with van der Waals surface area (Å²) < 4.78 is 18.9. The van der Waals surface area contributed by atoms with E-state index in [2.05, 4.69) is 0 Å². The van der Waals surface area contributed by atoms with Crippen molar-refractivity contribution in [3.05, 3.63) is 35.6 Å². The summed E-state index contributed by atoms with van der Waals surface area (Å²) in [5.41, 5.74) is 0.275. The Hall–Kier alpha value is -1.42. The average molecular weight is 265 g/mol. The van der Waals surface area contributed by atoms with Crippen molar-refractivity contribution in [2.24, 2.45) is 5.41 Å². The monoisotopic (exact) mass is 265 g/mol. The fourth-order valence-electron chi connectivity index (χ4n) is 2.15. The van der Waals surface area contributed by atoms with Gasteiger partial charge in [-0.25, -0.2) is 4.39 Å². The van der Waals surface area contributed by atoms with Crippen molar-refractivity contribution in [1.82, 2.24) is 4.90 Å². The Morgan fingerprint density at radius 3 is 2.89 bits per heavy atom. The van der Waals surface area contributed by atoms with Crippen LogP contribution in [-0.4, -0.2) is 24.0 Å². The zero-order valence-corrected chi connectivity index (χ0v) is 11.6. The molecule has 2 rings (SSSR count). The third kappa shape index (κ3) is 2.78. The number of nitrogens with zero attached hydrogens (tertiary/aromatic N) is 1. The van der Waals surface area contributed by atoms with Crippen LogP contribution in [0.1, 0.15) is 39.0 Å². The van der Waals surface area contributed by atoms with Crippen LogP contribution in [0.3, 0.4) is 0 Å². The van der Waals surface area contributed by atoms with E-state index in [4.69, 9.17) is 4.74 Å². The lowest BCUT2D eigenvalue weighted by Crippen LogP contribution is -2.40. The van der Waals surface area contributed by atoms with Gasteiger partial charge in [0, 0.05) is 17.5 Å². The summed E-state index contributed by atoms with van der Waals surface area (Å²) in [4.78, 5) is 14.2. The molecule has 1 amide bonds. The molecule has 0 bridgehead atoms. The molecule has 0 aromatic heterocycles. The summed E-state index contributed by atoms with van der Waals surface area (Å²) in [5, 5.41) is 0. The number of halogens is 1. The molecule has 19 heavy (non-hydrogen) atoms. The largest absolute Gasteiger partial charge is 0.352 e. The average Bonchev–Trinajstić information content (AvgIpc) is 2.86. The van der Waals surface area contributed by atoms with E-state index in [1.807, 2.05) is 20.8 Å². The van der Waals surface area contributed by atoms with E-state index in [1.54, 1.807) is 17.0 Å². The number of carbonyl (C=O) groups is 1. The van der Waals surface area contributed by atoms with E-state index in [-0.39, 0.29) is 11.7 Å². The van der Waals surface area contributed by atoms with Crippen molar-refractivity contribution in [3.63, 3.8) is 0 Å². The first-order valence-corrected chi connectivity index (χ1v) is 6.64. The molecule has 0 N–H and O–H groups in total. The lowest BCUT2D eigenvalue weighted by atomic mass is 9.88. The zero-order chi connectivity index (χ0) is 14.0. The first kappa shape index (κ1) is 14.0. The summed E-state index contributed by atoms with van der Waals surface area (Å²) in [6.07, 6.45) is 0.298. The Bertz CT molecular complexity index is 473. The van der Waals surface area contributed by atoms with Gasteiger partial charge in [0.1, 0.15) is 5.82 Å². The van der Waals surface area contributed by atoms with Crippen LogP contribution < -0.4 is 0 Å². The Labute approximate surface area is 113 Å². The van der Waals surface area contributed by atoms with Crippen LogP contribution in [0.5, 0.6) is 0 Å². The summed E-state index contributed by atoms with van der Waals surface area (Å²) in [5.74, 6) is -0.253. The maximum absolute atomic E-state index is 13.3. The van der Waals surface area contributed by atoms with E-state index in [9.17, 15) is 9.18 Å². The molecule has 3 nitrogen and oxygen atoms in total. The van der Waals surface area contributed by atoms with Crippen LogP contribution in [0.25, 0.3) is 0 Å². The van der Waals surface area contributed by atoms with Gasteiger partial charge < -0.3 is 9.64 Å². The maximum atomic E-state index is 13.3. The molecule has 1 unspecified atom stereocenters. The predicted octanol–water partition coefficient (Wildman–Crippen LogP) is 3.12. The molecule has 1 atom stereocenters. The summed E-state index contributed by atoms with van der Waals surface area (Å²) in [6.45, 7) is 6.90. The fraction of sp³-hybridized carbons (Fsp3) is 0.533. The van der Waals surface area contributed by atoms with Crippen molar-refractivity contribution < 1.29 is 13.9 Å². The second-order valence-electron chi connectivity index (χ2n) is 5.51. The third-order valence-corrected chi connectivity index (χ3v) is 3.75. The normalized spacial score (nSPS) is 19.8. The minimum atomic E-state index is -0.464. The molecule has 104 valence electrons. The third-order valence-electron chi connectivity index (χ3n) is 3.75. The van der Waals surface area contributed by atoms with Crippen LogP contribution in [-0.2, 0) is 9.53 Å². The van der Waals surface area contributed by atoms with E-state index in [0.717, 1.165) is 6.42 Å². The summed E-state index contributed by atoms with van der Waals surface area (Å²) >= 11 is 0. The van der Waals surface area contributed by atoms with Crippen LogP contribution in [0, 0.1) is 11.2 Å². The second kappa shape index (κ2) is 5.29. The van der Waals surface area contributed by atoms with Gasteiger partial charge in [0.15, 0.2) is 6.23 Å². The molecule has 1 aromatic carbocycles. The Morgan fingerprint density at radius 2 is 2.26 bits per heavy atom. The lowest BCUT2D eigenvalue weighted by Gasteiger charge is -2.31. The number of hydrogen-bond acceptors (Lipinski definition) is 2. The molecular weight excluding hydrogens is 245 g/mol. The van der Waals surface area contributed by atoms with Gasteiger partial charge in [-0.05, 0) is 18.6 Å². The first-order valence-electron chi connectivity index (χ1n) is 6.64. The minimum absolute atomic E-state index is 0.0572. The molecule has 1 aromatic rings. The van der Waals surface area contributed by atoms with Gasteiger partial charge in [0.25, 0.3) is 0 Å². The second-order valence-corrected chi connectivity index (χ2v) is 5.51. The highest BCUT2D eigenvalue weighted by Crippen LogP contribution is 2.33. The van der Waals surface area contributed by atoms with E-state index in [0.29, 0.717) is 18.7 Å². The SMILES string of the molecule is CCC(C)(C)C(=O)N1CCOC1c1cccc(F)c1. The summed E-state index contributed by atoms with van der Waals surface area (Å²) in [6, 6.07) is 6.24. The predicted molar refractivity (Wildman–Crippen MR) is 70.9 cm³/mol. The molecule has 0 radical (unpaired) electrons. The Kier molecular flexibility index (Phi) is 3.90. The first-order chi connectivity index (χ1) is 8.95. The fourth-order valence-corrected chi connectivity index (χ4v) is 2.15. The quantitative estimate of drug-likeness (QED) is 0.840. The smallest absolute Gasteiger partial charge is 0.230 e. The maximum Gasteiger partial charge on any atom is 0.230 e. The van der Waals surface area contributed by atoms with Gasteiger partial charge in [-0.15, -0.1) is 0 Å². The van der Waals surface area contributed by atoms with E-state index >= 15 is 0 Å². The number of rotatable bonds is 3. The number of amides is 1. The Balaban J connectivity index is 2.24. The van der Waals surface area contributed by atoms with Gasteiger partial charge in [-0.1, -0.05) is 32.9 Å². The Morgan fingerprint density at radius 1 is 1.53 bits per heavy atom. The number of hydrogen-bond donors (Lipinski definition) is 0. The van der Waals surface area contributed by atoms with Crippen LogP contribution in [0.15, 0.2) is 24.3 Å². The standard InChI is InChI=1S/C15H20FNO2/c1-4-15(2,3)14(18)17-8-9-19-13(17)11-6-5-7-12(16)10-11/h5-7,10,13H,4,8-9H2,1-3H3. The molecule has 1 fully saturated rings. The molecule has 4 heteroatoms. The zero-order valence-electron chi connectivity index (χ0n) is 11.6. The van der Waals surface area contributed by atoms with Crippen LogP contribution in [0.2, 0.25) is 0 Å². The van der Waals surface area contributed by atoms with E-state index < -0.39 is 11.6 Å². The van der Waals surface area contributed by atoms with Crippen molar-refractivity contribution >= 4 is 5.91 Å². The molecule has 1 heterocycles. The van der Waals surface area contributed by atoms with Crippen LogP contribution in [0.4, 0.5) is 4.39 Å². The highest BCUT2D eigenvalue weighted by Gasteiger charge is 2.38. The molecular formula is C15H20FNO2. The van der Waals surface area contributed by atoms with Gasteiger partial charge in [0.2, 0.25) is 5.91 Å². The van der Waals surface area contributed by atoms with Gasteiger partial charge in [0.05, 0.1) is 6.61 Å². The van der Waals surface area contributed by atoms with Gasteiger partial charge >= 0.3 is 0 Å². The molecule has 1 saturated heterocycles. The van der Waals surface area contributed by atoms with Crippen molar-refractivity contribution in [3.8, 4) is 0 Å². The molecule has 1 aliphatic rings. The van der Waals surface area contributed by atoms with Crippen molar-refractivity contribution in [2.45, 2.75) is 33.4 Å². The van der Waals surface area contributed by atoms with Crippen molar-refractivity contribution in [2.75, 3.05) is 13.2 Å². The minimum Gasteiger partial charge on any atom is -0.352 e. The van der Waals surface area contributed by atoms with Gasteiger partial charge in [-0.2, -0.15) is 0 Å². The van der Waals surface area contributed by atoms with E-state index in [1.165, 1.54) is 12.1 Å².